The maximum Gasteiger partial charge on any atom is 0.354 e. The molecule has 1 aliphatic heterocycles. The van der Waals surface area contributed by atoms with Gasteiger partial charge in [0.2, 0.25) is 5.95 Å². The quantitative estimate of drug-likeness (QED) is 0.456. The average molecular weight is 453 g/mol. The number of hydrogen-bond acceptors (Lipinski definition) is 6. The van der Waals surface area contributed by atoms with E-state index in [-0.39, 0.29) is 23.8 Å². The fourth-order valence-corrected chi connectivity index (χ4v) is 3.96. The standard InChI is InChI=1S/C23H21F2N5O3/c1-29-21(32)23(28-22(29)26,16-12-18(20(31)33-2)30(13-16)10-8-24)15-6-3-5-14(11-15)17-7-4-9-27-19(17)25/h3-7,9,11-13H,8,10H2,1-2H3,(H2,26,28)/t23-/m0/s1. The molecule has 2 N–H and O–H groups in total. The molecule has 0 saturated carbocycles. The van der Waals surface area contributed by atoms with Crippen LogP contribution in [-0.2, 0) is 21.6 Å². The molecule has 3 heterocycles. The summed E-state index contributed by atoms with van der Waals surface area (Å²) in [5.74, 6) is -1.86. The van der Waals surface area contributed by atoms with Gasteiger partial charge in [0.05, 0.1) is 13.7 Å². The molecule has 1 atom stereocenters. The van der Waals surface area contributed by atoms with Gasteiger partial charge in [0, 0.05) is 30.6 Å². The number of halogens is 2. The highest BCUT2D eigenvalue weighted by molar-refractivity contribution is 6.09. The number of rotatable bonds is 6. The summed E-state index contributed by atoms with van der Waals surface area (Å²) in [6, 6.07) is 11.2. The molecule has 0 saturated heterocycles. The monoisotopic (exact) mass is 453 g/mol. The maximum atomic E-state index is 14.3. The number of amides is 1. The third kappa shape index (κ3) is 3.53. The Balaban J connectivity index is 1.96. The number of carbonyl (C=O) groups is 2. The fourth-order valence-electron chi connectivity index (χ4n) is 3.96. The van der Waals surface area contributed by atoms with Crippen LogP contribution in [0.2, 0.25) is 0 Å². The van der Waals surface area contributed by atoms with E-state index in [4.69, 9.17) is 10.5 Å². The van der Waals surface area contributed by atoms with E-state index in [2.05, 4.69) is 9.98 Å². The zero-order valence-electron chi connectivity index (χ0n) is 18.0. The molecule has 4 rings (SSSR count). The molecule has 0 spiro atoms. The number of nitrogens with two attached hydrogens (primary N) is 1. The Labute approximate surface area is 188 Å². The van der Waals surface area contributed by atoms with Crippen LogP contribution in [0.5, 0.6) is 0 Å². The molecule has 0 radical (unpaired) electrons. The van der Waals surface area contributed by atoms with Gasteiger partial charge in [-0.25, -0.2) is 19.2 Å². The number of aromatic nitrogens is 2. The molecule has 33 heavy (non-hydrogen) atoms. The van der Waals surface area contributed by atoms with Crippen LogP contribution in [0.3, 0.4) is 0 Å². The van der Waals surface area contributed by atoms with Crippen molar-refractivity contribution < 1.29 is 23.1 Å². The second-order valence-electron chi connectivity index (χ2n) is 7.46. The van der Waals surface area contributed by atoms with Crippen LogP contribution in [0.25, 0.3) is 11.1 Å². The first-order chi connectivity index (χ1) is 15.8. The first kappa shape index (κ1) is 22.1. The molecule has 2 aromatic heterocycles. The number of benzene rings is 1. The van der Waals surface area contributed by atoms with E-state index in [1.54, 1.807) is 36.4 Å². The van der Waals surface area contributed by atoms with E-state index in [1.165, 1.54) is 42.1 Å². The number of esters is 1. The molecule has 8 nitrogen and oxygen atoms in total. The summed E-state index contributed by atoms with van der Waals surface area (Å²) in [5.41, 5.74) is 5.84. The Bertz CT molecular complexity index is 1270. The van der Waals surface area contributed by atoms with Crippen molar-refractivity contribution in [1.82, 2.24) is 14.5 Å². The van der Waals surface area contributed by atoms with Gasteiger partial charge < -0.3 is 15.0 Å². The Kier molecular flexibility index (Phi) is 5.67. The van der Waals surface area contributed by atoms with Gasteiger partial charge in [-0.15, -0.1) is 0 Å². The highest BCUT2D eigenvalue weighted by Gasteiger charge is 2.50. The van der Waals surface area contributed by atoms with Gasteiger partial charge in [-0.3, -0.25) is 9.69 Å². The third-order valence-electron chi connectivity index (χ3n) is 5.62. The normalized spacial score (nSPS) is 17.9. The van der Waals surface area contributed by atoms with Crippen LogP contribution in [0.4, 0.5) is 8.78 Å². The van der Waals surface area contributed by atoms with Crippen molar-refractivity contribution >= 4 is 17.8 Å². The number of alkyl halides is 1. The minimum atomic E-state index is -1.65. The van der Waals surface area contributed by atoms with E-state index >= 15 is 0 Å². The number of nitrogens with zero attached hydrogens (tertiary/aromatic N) is 4. The Morgan fingerprint density at radius 1 is 1.21 bits per heavy atom. The molecule has 0 bridgehead atoms. The number of aryl methyl sites for hydroxylation is 1. The van der Waals surface area contributed by atoms with Crippen LogP contribution < -0.4 is 5.73 Å². The topological polar surface area (TPSA) is 103 Å². The van der Waals surface area contributed by atoms with Crippen LogP contribution in [-0.4, -0.2) is 53.1 Å². The molecule has 1 aromatic carbocycles. The van der Waals surface area contributed by atoms with Crippen LogP contribution in [0.15, 0.2) is 59.9 Å². The predicted octanol–water partition coefficient (Wildman–Crippen LogP) is 2.48. The highest BCUT2D eigenvalue weighted by atomic mass is 19.1. The van der Waals surface area contributed by atoms with Crippen molar-refractivity contribution in [2.24, 2.45) is 10.7 Å². The van der Waals surface area contributed by atoms with Gasteiger partial charge in [0.15, 0.2) is 11.5 Å². The van der Waals surface area contributed by atoms with Crippen molar-refractivity contribution in [2.75, 3.05) is 20.8 Å². The zero-order valence-corrected chi connectivity index (χ0v) is 18.0. The van der Waals surface area contributed by atoms with Crippen molar-refractivity contribution in [2.45, 2.75) is 12.1 Å². The number of methoxy groups -OCH3 is 1. The number of pyridine rings is 1. The van der Waals surface area contributed by atoms with E-state index in [0.29, 0.717) is 16.7 Å². The third-order valence-corrected chi connectivity index (χ3v) is 5.62. The van der Waals surface area contributed by atoms with Gasteiger partial charge in [0.25, 0.3) is 5.91 Å². The summed E-state index contributed by atoms with van der Waals surface area (Å²) in [4.78, 5) is 35.2. The molecule has 10 heteroatoms. The second-order valence-corrected chi connectivity index (χ2v) is 7.46. The fraction of sp³-hybridized carbons (Fsp3) is 0.217. The lowest BCUT2D eigenvalue weighted by Crippen LogP contribution is -2.41. The molecular weight excluding hydrogens is 432 g/mol. The van der Waals surface area contributed by atoms with E-state index in [9.17, 15) is 18.4 Å². The molecule has 170 valence electrons. The molecule has 1 amide bonds. The van der Waals surface area contributed by atoms with Gasteiger partial charge in [-0.1, -0.05) is 18.2 Å². The first-order valence-corrected chi connectivity index (χ1v) is 10.0. The minimum absolute atomic E-state index is 0.0316. The van der Waals surface area contributed by atoms with Gasteiger partial charge in [0.1, 0.15) is 12.4 Å². The first-order valence-electron chi connectivity index (χ1n) is 10.0. The number of aliphatic imine (C=N–C) groups is 1. The number of guanidine groups is 1. The number of carbonyl (C=O) groups excluding carboxylic acids is 2. The Morgan fingerprint density at radius 2 is 2.00 bits per heavy atom. The maximum absolute atomic E-state index is 14.3. The second kappa shape index (κ2) is 8.45. The van der Waals surface area contributed by atoms with Crippen LogP contribution >= 0.6 is 0 Å². The van der Waals surface area contributed by atoms with E-state index in [1.807, 2.05) is 0 Å². The lowest BCUT2D eigenvalue weighted by atomic mass is 9.83. The lowest BCUT2D eigenvalue weighted by molar-refractivity contribution is -0.129. The molecular formula is C23H21F2N5O3. The number of ether oxygens (including phenoxy) is 1. The SMILES string of the molecule is COC(=O)c1cc([C@]2(c3cccc(-c4cccnc4F)c3)N=C(N)N(C)C2=O)cn1CCF. The van der Waals surface area contributed by atoms with Crippen LogP contribution in [0, 0.1) is 5.95 Å². The summed E-state index contributed by atoms with van der Waals surface area (Å²) in [6.45, 7) is -0.856. The largest absolute Gasteiger partial charge is 0.464 e. The summed E-state index contributed by atoms with van der Waals surface area (Å²) in [6.07, 6.45) is 2.82. The van der Waals surface area contributed by atoms with Crippen molar-refractivity contribution in [3.8, 4) is 11.1 Å². The van der Waals surface area contributed by atoms with E-state index in [0.717, 1.165) is 0 Å². The van der Waals surface area contributed by atoms with Crippen molar-refractivity contribution in [3.63, 3.8) is 0 Å². The molecule has 3 aromatic rings. The van der Waals surface area contributed by atoms with Gasteiger partial charge in [-0.2, -0.15) is 4.39 Å². The summed E-state index contributed by atoms with van der Waals surface area (Å²) >= 11 is 0. The lowest BCUT2D eigenvalue weighted by Gasteiger charge is -2.25. The summed E-state index contributed by atoms with van der Waals surface area (Å²) in [5, 5.41) is 0. The predicted molar refractivity (Wildman–Crippen MR) is 117 cm³/mol. The molecule has 0 unspecified atom stereocenters. The highest BCUT2D eigenvalue weighted by Crippen LogP contribution is 2.41. The van der Waals surface area contributed by atoms with E-state index < -0.39 is 30.0 Å². The Morgan fingerprint density at radius 3 is 2.64 bits per heavy atom. The van der Waals surface area contributed by atoms with Crippen LogP contribution in [0.1, 0.15) is 21.6 Å². The summed E-state index contributed by atoms with van der Waals surface area (Å²) in [7, 11) is 2.69. The smallest absolute Gasteiger partial charge is 0.354 e. The van der Waals surface area contributed by atoms with Gasteiger partial charge in [-0.05, 0) is 35.4 Å². The minimum Gasteiger partial charge on any atom is -0.464 e. The van der Waals surface area contributed by atoms with Crippen molar-refractivity contribution in [1.29, 1.82) is 0 Å². The number of hydrogen-bond donors (Lipinski definition) is 1. The van der Waals surface area contributed by atoms with Crippen molar-refractivity contribution in [3.05, 3.63) is 77.6 Å². The molecule has 1 aliphatic rings. The number of likely N-dealkylation sites (N-methyl/N-ethyl adjacent to an activating group) is 1. The van der Waals surface area contributed by atoms with Gasteiger partial charge >= 0.3 is 5.97 Å². The summed E-state index contributed by atoms with van der Waals surface area (Å²) < 4.78 is 33.7. The Hall–Kier alpha value is -4.08. The average Bonchev–Trinajstić information content (AvgIpc) is 3.34. The molecule has 0 fully saturated rings. The molecule has 0 aliphatic carbocycles. The zero-order chi connectivity index (χ0) is 23.8.